The Balaban J connectivity index is 2.40. The number of nitrogens with zero attached hydrogens (tertiary/aromatic N) is 1. The van der Waals surface area contributed by atoms with Crippen LogP contribution < -0.4 is 0 Å². The highest BCUT2D eigenvalue weighted by molar-refractivity contribution is 5.24. The lowest BCUT2D eigenvalue weighted by Gasteiger charge is -2.20. The highest BCUT2D eigenvalue weighted by Gasteiger charge is 2.10. The molecule has 0 aliphatic carbocycles. The number of methoxy groups -OCH3 is 1. The average molecular weight is 237 g/mol. The molecule has 0 fully saturated rings. The Bertz CT molecular complexity index is 328. The summed E-state index contributed by atoms with van der Waals surface area (Å²) in [5, 5.41) is 10.1. The minimum Gasteiger partial charge on any atom is -0.387 e. The van der Waals surface area contributed by atoms with Gasteiger partial charge in [0.05, 0.1) is 6.10 Å². The van der Waals surface area contributed by atoms with Crippen LogP contribution in [-0.4, -0.2) is 43.9 Å². The second-order valence-corrected chi connectivity index (χ2v) is 4.54. The Morgan fingerprint density at radius 2 is 2.18 bits per heavy atom. The Kier molecular flexibility index (Phi) is 6.19. The van der Waals surface area contributed by atoms with Crippen LogP contribution in [0.1, 0.15) is 23.7 Å². The molecule has 0 amide bonds. The molecule has 0 heterocycles. The number of likely N-dealkylation sites (N-methyl/N-ethyl adjacent to an activating group) is 1. The number of benzene rings is 1. The van der Waals surface area contributed by atoms with Crippen LogP contribution in [0.25, 0.3) is 0 Å². The van der Waals surface area contributed by atoms with Crippen molar-refractivity contribution in [2.75, 3.05) is 33.9 Å². The standard InChI is InChI=1S/C14H23NO2/c1-12-6-4-7-13(10-12)14(16)11-15(2)8-5-9-17-3/h4,6-7,10,14,16H,5,8-9,11H2,1-3H3. The van der Waals surface area contributed by atoms with E-state index in [0.717, 1.165) is 25.1 Å². The monoisotopic (exact) mass is 237 g/mol. The lowest BCUT2D eigenvalue weighted by molar-refractivity contribution is 0.117. The average Bonchev–Trinajstić information content (AvgIpc) is 2.29. The van der Waals surface area contributed by atoms with Crippen molar-refractivity contribution in [2.24, 2.45) is 0 Å². The van der Waals surface area contributed by atoms with Gasteiger partial charge >= 0.3 is 0 Å². The Labute approximate surface area is 104 Å². The fourth-order valence-electron chi connectivity index (χ4n) is 1.85. The van der Waals surface area contributed by atoms with E-state index in [1.807, 2.05) is 38.2 Å². The lowest BCUT2D eigenvalue weighted by Crippen LogP contribution is -2.26. The summed E-state index contributed by atoms with van der Waals surface area (Å²) in [7, 11) is 3.73. The molecule has 96 valence electrons. The SMILES string of the molecule is COCCCN(C)CC(O)c1cccc(C)c1. The van der Waals surface area contributed by atoms with Crippen LogP contribution >= 0.6 is 0 Å². The molecule has 3 heteroatoms. The van der Waals surface area contributed by atoms with Gasteiger partial charge in [0.15, 0.2) is 0 Å². The summed E-state index contributed by atoms with van der Waals surface area (Å²) in [6.45, 7) is 4.41. The molecule has 0 saturated heterocycles. The van der Waals surface area contributed by atoms with Crippen molar-refractivity contribution in [2.45, 2.75) is 19.4 Å². The lowest BCUT2D eigenvalue weighted by atomic mass is 10.1. The second-order valence-electron chi connectivity index (χ2n) is 4.54. The predicted molar refractivity (Wildman–Crippen MR) is 70.1 cm³/mol. The van der Waals surface area contributed by atoms with Crippen molar-refractivity contribution in [1.82, 2.24) is 4.90 Å². The van der Waals surface area contributed by atoms with Gasteiger partial charge in [0.2, 0.25) is 0 Å². The smallest absolute Gasteiger partial charge is 0.0916 e. The van der Waals surface area contributed by atoms with E-state index in [9.17, 15) is 5.11 Å². The normalized spacial score (nSPS) is 13.0. The van der Waals surface area contributed by atoms with E-state index in [1.54, 1.807) is 7.11 Å². The number of hydrogen-bond acceptors (Lipinski definition) is 3. The van der Waals surface area contributed by atoms with E-state index in [1.165, 1.54) is 5.56 Å². The summed E-state index contributed by atoms with van der Waals surface area (Å²) in [5.41, 5.74) is 2.17. The molecule has 0 aliphatic heterocycles. The molecule has 0 radical (unpaired) electrons. The van der Waals surface area contributed by atoms with Gasteiger partial charge in [-0.1, -0.05) is 29.8 Å². The summed E-state index contributed by atoms with van der Waals surface area (Å²) >= 11 is 0. The third kappa shape index (κ3) is 5.31. The molecule has 1 aromatic carbocycles. The quantitative estimate of drug-likeness (QED) is 0.736. The fourth-order valence-corrected chi connectivity index (χ4v) is 1.85. The van der Waals surface area contributed by atoms with E-state index in [-0.39, 0.29) is 0 Å². The van der Waals surface area contributed by atoms with Crippen LogP contribution in [0.4, 0.5) is 0 Å². The largest absolute Gasteiger partial charge is 0.387 e. The van der Waals surface area contributed by atoms with Crippen LogP contribution in [0.5, 0.6) is 0 Å². The zero-order valence-corrected chi connectivity index (χ0v) is 11.0. The van der Waals surface area contributed by atoms with Crippen molar-refractivity contribution in [3.63, 3.8) is 0 Å². The van der Waals surface area contributed by atoms with Gasteiger partial charge in [0.25, 0.3) is 0 Å². The summed E-state index contributed by atoms with van der Waals surface area (Å²) in [5.74, 6) is 0. The van der Waals surface area contributed by atoms with Crippen molar-refractivity contribution in [1.29, 1.82) is 0 Å². The zero-order chi connectivity index (χ0) is 12.7. The highest BCUT2D eigenvalue weighted by Crippen LogP contribution is 2.15. The fraction of sp³-hybridized carbons (Fsp3) is 0.571. The maximum absolute atomic E-state index is 10.1. The first-order valence-electron chi connectivity index (χ1n) is 6.05. The van der Waals surface area contributed by atoms with E-state index >= 15 is 0 Å². The topological polar surface area (TPSA) is 32.7 Å². The minimum absolute atomic E-state index is 0.414. The van der Waals surface area contributed by atoms with Gasteiger partial charge in [-0.15, -0.1) is 0 Å². The number of hydrogen-bond donors (Lipinski definition) is 1. The van der Waals surface area contributed by atoms with Gasteiger partial charge < -0.3 is 14.7 Å². The molecule has 17 heavy (non-hydrogen) atoms. The summed E-state index contributed by atoms with van der Waals surface area (Å²) < 4.78 is 5.01. The molecule has 1 rings (SSSR count). The molecule has 1 unspecified atom stereocenters. The third-order valence-corrected chi connectivity index (χ3v) is 2.80. The molecule has 1 atom stereocenters. The third-order valence-electron chi connectivity index (χ3n) is 2.80. The first-order valence-corrected chi connectivity index (χ1v) is 6.05. The number of rotatable bonds is 7. The van der Waals surface area contributed by atoms with Crippen molar-refractivity contribution >= 4 is 0 Å². The summed E-state index contributed by atoms with van der Waals surface area (Å²) in [4.78, 5) is 2.13. The molecular weight excluding hydrogens is 214 g/mol. The second kappa shape index (κ2) is 7.43. The molecule has 0 aliphatic rings. The van der Waals surface area contributed by atoms with Gasteiger partial charge in [-0.25, -0.2) is 0 Å². The molecule has 1 aromatic rings. The van der Waals surface area contributed by atoms with Gasteiger partial charge in [-0.3, -0.25) is 0 Å². The summed E-state index contributed by atoms with van der Waals surface area (Å²) in [6.07, 6.45) is 0.579. The Morgan fingerprint density at radius 3 is 2.82 bits per heavy atom. The van der Waals surface area contributed by atoms with Crippen LogP contribution in [0.15, 0.2) is 24.3 Å². The highest BCUT2D eigenvalue weighted by atomic mass is 16.5. The molecule has 0 saturated carbocycles. The Morgan fingerprint density at radius 1 is 1.41 bits per heavy atom. The predicted octanol–water partition coefficient (Wildman–Crippen LogP) is 2.00. The van der Waals surface area contributed by atoms with Crippen LogP contribution in [0.2, 0.25) is 0 Å². The number of aliphatic hydroxyl groups is 1. The van der Waals surface area contributed by atoms with Gasteiger partial charge in [-0.2, -0.15) is 0 Å². The van der Waals surface area contributed by atoms with E-state index in [0.29, 0.717) is 6.54 Å². The molecule has 1 N–H and O–H groups in total. The summed E-state index contributed by atoms with van der Waals surface area (Å²) in [6, 6.07) is 8.03. The van der Waals surface area contributed by atoms with Crippen molar-refractivity contribution < 1.29 is 9.84 Å². The van der Waals surface area contributed by atoms with E-state index in [2.05, 4.69) is 4.90 Å². The molecule has 3 nitrogen and oxygen atoms in total. The number of ether oxygens (including phenoxy) is 1. The van der Waals surface area contributed by atoms with Gasteiger partial charge in [0, 0.05) is 26.8 Å². The Hall–Kier alpha value is -0.900. The van der Waals surface area contributed by atoms with Crippen LogP contribution in [0, 0.1) is 6.92 Å². The molecule has 0 spiro atoms. The minimum atomic E-state index is -0.414. The molecule has 0 aromatic heterocycles. The van der Waals surface area contributed by atoms with Crippen molar-refractivity contribution in [3.8, 4) is 0 Å². The number of aryl methyl sites for hydroxylation is 1. The van der Waals surface area contributed by atoms with Gasteiger partial charge in [0.1, 0.15) is 0 Å². The van der Waals surface area contributed by atoms with Gasteiger partial charge in [-0.05, 0) is 26.0 Å². The van der Waals surface area contributed by atoms with E-state index in [4.69, 9.17) is 4.74 Å². The van der Waals surface area contributed by atoms with Crippen LogP contribution in [0.3, 0.4) is 0 Å². The van der Waals surface area contributed by atoms with Crippen LogP contribution in [-0.2, 0) is 4.74 Å². The van der Waals surface area contributed by atoms with Crippen molar-refractivity contribution in [3.05, 3.63) is 35.4 Å². The maximum Gasteiger partial charge on any atom is 0.0916 e. The first-order chi connectivity index (χ1) is 8.13. The zero-order valence-electron chi connectivity index (χ0n) is 11.0. The first kappa shape index (κ1) is 14.2. The number of aliphatic hydroxyl groups excluding tert-OH is 1. The molecule has 0 bridgehead atoms. The maximum atomic E-state index is 10.1. The van der Waals surface area contributed by atoms with E-state index < -0.39 is 6.10 Å². The molecular formula is C14H23NO2.